The van der Waals surface area contributed by atoms with Crippen molar-refractivity contribution in [3.63, 3.8) is 0 Å². The minimum atomic E-state index is -0.103. The van der Waals surface area contributed by atoms with Crippen molar-refractivity contribution in [1.29, 1.82) is 0 Å². The summed E-state index contributed by atoms with van der Waals surface area (Å²) in [7, 11) is 0. The van der Waals surface area contributed by atoms with Gasteiger partial charge in [-0.15, -0.1) is 11.8 Å². The number of thioether (sulfide) groups is 1. The van der Waals surface area contributed by atoms with Crippen LogP contribution in [0, 0.1) is 6.92 Å². The topological polar surface area (TPSA) is 74.8 Å². The molecule has 0 spiro atoms. The highest BCUT2D eigenvalue weighted by atomic mass is 32.2. The third kappa shape index (κ3) is 8.07. The van der Waals surface area contributed by atoms with Crippen molar-refractivity contribution in [1.82, 2.24) is 10.6 Å². The molecular formula is C22H30N4O2S. The third-order valence-corrected chi connectivity index (χ3v) is 4.83. The summed E-state index contributed by atoms with van der Waals surface area (Å²) in [6.45, 7) is 8.12. The summed E-state index contributed by atoms with van der Waals surface area (Å²) in [5.74, 6) is 1.37. The number of carbonyl (C=O) groups is 1. The Bertz CT molecular complexity index is 839. The van der Waals surface area contributed by atoms with Crippen molar-refractivity contribution in [2.24, 2.45) is 4.99 Å². The maximum atomic E-state index is 11.2. The zero-order chi connectivity index (χ0) is 21.1. The number of aliphatic imine (C=N–C) groups is 1. The van der Waals surface area contributed by atoms with E-state index in [-0.39, 0.29) is 5.91 Å². The van der Waals surface area contributed by atoms with Crippen molar-refractivity contribution in [3.05, 3.63) is 53.6 Å². The Morgan fingerprint density at radius 3 is 2.72 bits per heavy atom. The summed E-state index contributed by atoms with van der Waals surface area (Å²) in [6, 6.07) is 13.8. The van der Waals surface area contributed by atoms with Crippen LogP contribution in [0.2, 0.25) is 0 Å². The van der Waals surface area contributed by atoms with E-state index in [2.05, 4.69) is 47.3 Å². The fourth-order valence-electron chi connectivity index (χ4n) is 2.69. The molecule has 0 radical (unpaired) electrons. The van der Waals surface area contributed by atoms with E-state index >= 15 is 0 Å². The molecule has 2 aromatic carbocycles. The molecule has 2 aromatic rings. The van der Waals surface area contributed by atoms with Crippen molar-refractivity contribution in [3.8, 4) is 5.75 Å². The van der Waals surface area contributed by atoms with Gasteiger partial charge in [0.1, 0.15) is 12.4 Å². The molecule has 3 N–H and O–H groups in total. The molecule has 0 unspecified atom stereocenters. The molecular weight excluding hydrogens is 384 g/mol. The predicted octanol–water partition coefficient (Wildman–Crippen LogP) is 3.81. The average molecular weight is 415 g/mol. The van der Waals surface area contributed by atoms with E-state index in [0.717, 1.165) is 18.2 Å². The summed E-state index contributed by atoms with van der Waals surface area (Å²) < 4.78 is 5.77. The predicted molar refractivity (Wildman–Crippen MR) is 122 cm³/mol. The Hall–Kier alpha value is -2.67. The molecule has 6 nitrogen and oxygen atoms in total. The summed E-state index contributed by atoms with van der Waals surface area (Å²) >= 11 is 1.74. The average Bonchev–Trinajstić information content (AvgIpc) is 2.69. The lowest BCUT2D eigenvalue weighted by Crippen LogP contribution is -2.39. The van der Waals surface area contributed by atoms with Gasteiger partial charge in [0.25, 0.3) is 0 Å². The first-order chi connectivity index (χ1) is 14.0. The van der Waals surface area contributed by atoms with Crippen LogP contribution in [0.4, 0.5) is 5.69 Å². The first-order valence-corrected chi connectivity index (χ1v) is 10.9. The molecule has 0 saturated carbocycles. The van der Waals surface area contributed by atoms with Crippen molar-refractivity contribution in [2.45, 2.75) is 32.2 Å². The van der Waals surface area contributed by atoms with E-state index in [1.807, 2.05) is 31.2 Å². The van der Waals surface area contributed by atoms with Gasteiger partial charge in [-0.3, -0.25) is 4.79 Å². The number of hydrogen-bond donors (Lipinski definition) is 3. The fraction of sp³-hybridized carbons (Fsp3) is 0.364. The van der Waals surface area contributed by atoms with Gasteiger partial charge in [-0.2, -0.15) is 0 Å². The minimum absolute atomic E-state index is 0.103. The molecule has 7 heteroatoms. The maximum absolute atomic E-state index is 11.2. The van der Waals surface area contributed by atoms with Gasteiger partial charge in [0.15, 0.2) is 5.96 Å². The van der Waals surface area contributed by atoms with Crippen LogP contribution in [0.1, 0.15) is 25.0 Å². The Kier molecular flexibility index (Phi) is 9.37. The van der Waals surface area contributed by atoms with Crippen LogP contribution in [-0.4, -0.2) is 37.8 Å². The number of nitrogens with zero attached hydrogens (tertiary/aromatic N) is 1. The summed E-state index contributed by atoms with van der Waals surface area (Å²) in [5, 5.41) is 9.30. The minimum Gasteiger partial charge on any atom is -0.492 e. The highest BCUT2D eigenvalue weighted by molar-refractivity contribution is 7.98. The monoisotopic (exact) mass is 414 g/mol. The zero-order valence-electron chi connectivity index (χ0n) is 17.5. The lowest BCUT2D eigenvalue weighted by molar-refractivity contribution is -0.114. The largest absolute Gasteiger partial charge is 0.492 e. The molecule has 0 aliphatic carbocycles. The fourth-order valence-corrected chi connectivity index (χ4v) is 3.39. The highest BCUT2D eigenvalue weighted by Gasteiger charge is 2.03. The van der Waals surface area contributed by atoms with Crippen molar-refractivity contribution < 1.29 is 9.53 Å². The third-order valence-electron chi connectivity index (χ3n) is 4.01. The summed E-state index contributed by atoms with van der Waals surface area (Å²) in [5.41, 5.74) is 3.19. The van der Waals surface area contributed by atoms with Crippen molar-refractivity contribution >= 4 is 29.3 Å². The van der Waals surface area contributed by atoms with Crippen LogP contribution in [0.25, 0.3) is 0 Å². The van der Waals surface area contributed by atoms with E-state index in [1.54, 1.807) is 11.8 Å². The molecule has 0 bridgehead atoms. The van der Waals surface area contributed by atoms with E-state index in [4.69, 9.17) is 9.73 Å². The van der Waals surface area contributed by atoms with Gasteiger partial charge in [-0.25, -0.2) is 4.99 Å². The van der Waals surface area contributed by atoms with Gasteiger partial charge in [0, 0.05) is 30.1 Å². The van der Waals surface area contributed by atoms with Crippen LogP contribution in [0.5, 0.6) is 5.75 Å². The van der Waals surface area contributed by atoms with Crippen LogP contribution in [0.15, 0.2) is 52.4 Å². The van der Waals surface area contributed by atoms with E-state index in [1.165, 1.54) is 22.9 Å². The van der Waals surface area contributed by atoms with Crippen molar-refractivity contribution in [2.75, 3.05) is 31.3 Å². The Balaban J connectivity index is 1.88. The number of amides is 1. The smallest absolute Gasteiger partial charge is 0.221 e. The molecule has 156 valence electrons. The van der Waals surface area contributed by atoms with Crippen LogP contribution >= 0.6 is 11.8 Å². The Morgan fingerprint density at radius 2 is 2.00 bits per heavy atom. The lowest BCUT2D eigenvalue weighted by Gasteiger charge is -2.13. The van der Waals surface area contributed by atoms with Gasteiger partial charge in [-0.1, -0.05) is 18.2 Å². The van der Waals surface area contributed by atoms with Gasteiger partial charge in [0.05, 0.1) is 13.1 Å². The second-order valence-electron chi connectivity index (χ2n) is 6.49. The molecule has 0 fully saturated rings. The number of rotatable bonds is 9. The number of anilines is 1. The van der Waals surface area contributed by atoms with Crippen LogP contribution in [0.3, 0.4) is 0 Å². The van der Waals surface area contributed by atoms with Gasteiger partial charge >= 0.3 is 0 Å². The number of nitrogens with one attached hydrogen (secondary N) is 3. The standard InChI is InChI=1S/C22H30N4O2S/c1-5-23-22(25-15-18-10-9-16(2)13-21(18)29-4)24-11-12-28-20-8-6-7-19(14-20)26-17(3)27/h6-10,13-14H,5,11-12,15H2,1-4H3,(H,26,27)(H2,23,24,25). The maximum Gasteiger partial charge on any atom is 0.221 e. The molecule has 0 aliphatic rings. The lowest BCUT2D eigenvalue weighted by atomic mass is 10.1. The van der Waals surface area contributed by atoms with Gasteiger partial charge in [0.2, 0.25) is 5.91 Å². The number of carbonyl (C=O) groups excluding carboxylic acids is 1. The van der Waals surface area contributed by atoms with Gasteiger partial charge in [-0.05, 0) is 49.4 Å². The highest BCUT2D eigenvalue weighted by Crippen LogP contribution is 2.22. The van der Waals surface area contributed by atoms with Gasteiger partial charge < -0.3 is 20.7 Å². The van der Waals surface area contributed by atoms with E-state index in [9.17, 15) is 4.79 Å². The van der Waals surface area contributed by atoms with Crippen LogP contribution in [-0.2, 0) is 11.3 Å². The first-order valence-electron chi connectivity index (χ1n) is 9.68. The zero-order valence-corrected chi connectivity index (χ0v) is 18.4. The summed E-state index contributed by atoms with van der Waals surface area (Å²) in [6.07, 6.45) is 2.09. The van der Waals surface area contributed by atoms with E-state index in [0.29, 0.717) is 25.4 Å². The molecule has 2 rings (SSSR count). The number of guanidine groups is 1. The number of aryl methyl sites for hydroxylation is 1. The molecule has 0 aromatic heterocycles. The molecule has 0 heterocycles. The molecule has 0 saturated heterocycles. The number of benzene rings is 2. The number of ether oxygens (including phenoxy) is 1. The normalized spacial score (nSPS) is 11.1. The second-order valence-corrected chi connectivity index (χ2v) is 7.34. The van der Waals surface area contributed by atoms with E-state index < -0.39 is 0 Å². The molecule has 0 atom stereocenters. The first kappa shape index (κ1) is 22.6. The Labute approximate surface area is 177 Å². The number of hydrogen-bond acceptors (Lipinski definition) is 4. The molecule has 0 aliphatic heterocycles. The second kappa shape index (κ2) is 12.0. The SMILES string of the molecule is CCNC(=NCc1ccc(C)cc1SC)NCCOc1cccc(NC(C)=O)c1. The van der Waals surface area contributed by atoms with Crippen LogP contribution < -0.4 is 20.7 Å². The molecule has 1 amide bonds. The summed E-state index contributed by atoms with van der Waals surface area (Å²) in [4.78, 5) is 17.1. The molecule has 29 heavy (non-hydrogen) atoms. The Morgan fingerprint density at radius 1 is 1.17 bits per heavy atom. The quantitative estimate of drug-likeness (QED) is 0.252.